The quantitative estimate of drug-likeness (QED) is 0.852. The van der Waals surface area contributed by atoms with E-state index in [-0.39, 0.29) is 5.75 Å². The lowest BCUT2D eigenvalue weighted by atomic mass is 10.5. The van der Waals surface area contributed by atoms with Crippen molar-refractivity contribution >= 4 is 38.3 Å². The van der Waals surface area contributed by atoms with E-state index in [0.717, 1.165) is 4.47 Å². The Kier molecular flexibility index (Phi) is 4.09. The number of rotatable bonds is 3. The number of halogens is 2. The lowest BCUT2D eigenvalue weighted by molar-refractivity contribution is 0.682. The Bertz CT molecular complexity index is 339. The predicted molar refractivity (Wildman–Crippen MR) is 58.2 cm³/mol. The lowest BCUT2D eigenvalue weighted by Gasteiger charge is -1.99. The van der Waals surface area contributed by atoms with Crippen molar-refractivity contribution in [3.05, 3.63) is 34.4 Å². The Morgan fingerprint density at radius 3 is 2.85 bits per heavy atom. The summed E-state index contributed by atoms with van der Waals surface area (Å²) in [7, 11) is -1.19. The van der Waals surface area contributed by atoms with E-state index in [1.807, 2.05) is 0 Å². The second kappa shape index (κ2) is 4.88. The minimum Gasteiger partial charge on any atom is -0.252 e. The Morgan fingerprint density at radius 1 is 1.69 bits per heavy atom. The van der Waals surface area contributed by atoms with Crippen molar-refractivity contribution in [1.29, 1.82) is 0 Å². The molecule has 0 N–H and O–H groups in total. The van der Waals surface area contributed by atoms with Crippen molar-refractivity contribution in [3.63, 3.8) is 0 Å². The van der Waals surface area contributed by atoms with Crippen LogP contribution >= 0.6 is 27.5 Å². The fourth-order valence-corrected chi connectivity index (χ4v) is 2.07. The van der Waals surface area contributed by atoms with Gasteiger partial charge >= 0.3 is 0 Å². The summed E-state index contributed by atoms with van der Waals surface area (Å²) in [5, 5.41) is 0.896. The number of aromatic nitrogens is 1. The first-order chi connectivity index (χ1) is 6.09. The Morgan fingerprint density at radius 2 is 2.38 bits per heavy atom. The van der Waals surface area contributed by atoms with Crippen LogP contribution in [0.25, 0.3) is 0 Å². The molecule has 1 unspecified atom stereocenters. The first kappa shape index (κ1) is 10.9. The molecule has 0 aliphatic heterocycles. The van der Waals surface area contributed by atoms with E-state index in [9.17, 15) is 4.21 Å². The van der Waals surface area contributed by atoms with Gasteiger partial charge in [-0.05, 0) is 28.1 Å². The van der Waals surface area contributed by atoms with Gasteiger partial charge in [-0.3, -0.25) is 4.21 Å². The number of hydrogen-bond donors (Lipinski definition) is 0. The summed E-state index contributed by atoms with van der Waals surface area (Å²) in [6.07, 6.45) is 1.60. The maximum absolute atomic E-state index is 11.5. The van der Waals surface area contributed by atoms with Gasteiger partial charge in [0.1, 0.15) is 5.03 Å². The topological polar surface area (TPSA) is 30.0 Å². The number of pyridine rings is 1. The summed E-state index contributed by atoms with van der Waals surface area (Å²) in [6, 6.07) is 3.48. The standard InChI is InChI=1S/C8H7BrClNOS/c1-6(10)5-13(12)8-3-2-7(9)4-11-8/h2-4H,1,5H2. The molecule has 1 aromatic rings. The van der Waals surface area contributed by atoms with Crippen LogP contribution in [0.5, 0.6) is 0 Å². The average molecular weight is 281 g/mol. The van der Waals surface area contributed by atoms with Crippen LogP contribution in [0.2, 0.25) is 0 Å². The maximum atomic E-state index is 11.5. The van der Waals surface area contributed by atoms with E-state index < -0.39 is 10.8 Å². The third kappa shape index (κ3) is 3.58. The molecule has 1 heterocycles. The van der Waals surface area contributed by atoms with Crippen LogP contribution in [0.15, 0.2) is 39.4 Å². The van der Waals surface area contributed by atoms with Crippen molar-refractivity contribution in [2.24, 2.45) is 0 Å². The van der Waals surface area contributed by atoms with E-state index in [4.69, 9.17) is 11.6 Å². The Labute approximate surface area is 92.6 Å². The monoisotopic (exact) mass is 279 g/mol. The molecule has 13 heavy (non-hydrogen) atoms. The molecular weight excluding hydrogens is 274 g/mol. The molecule has 0 radical (unpaired) electrons. The second-order valence-corrected chi connectivity index (χ2v) is 5.17. The van der Waals surface area contributed by atoms with E-state index in [0.29, 0.717) is 10.1 Å². The Hall–Kier alpha value is -0.190. The van der Waals surface area contributed by atoms with Crippen LogP contribution in [-0.4, -0.2) is 14.9 Å². The van der Waals surface area contributed by atoms with Crippen LogP contribution < -0.4 is 0 Å². The smallest absolute Gasteiger partial charge is 0.127 e. The molecule has 0 spiro atoms. The Balaban J connectivity index is 2.78. The third-order valence-electron chi connectivity index (χ3n) is 1.22. The minimum atomic E-state index is -1.19. The third-order valence-corrected chi connectivity index (χ3v) is 3.30. The first-order valence-electron chi connectivity index (χ1n) is 3.43. The molecule has 0 aliphatic carbocycles. The van der Waals surface area contributed by atoms with E-state index in [2.05, 4.69) is 27.5 Å². The van der Waals surface area contributed by atoms with Crippen LogP contribution in [0.3, 0.4) is 0 Å². The summed E-state index contributed by atoms with van der Waals surface area (Å²) in [6.45, 7) is 3.47. The van der Waals surface area contributed by atoms with Crippen molar-refractivity contribution in [2.75, 3.05) is 5.75 Å². The fourth-order valence-electron chi connectivity index (χ4n) is 0.713. The van der Waals surface area contributed by atoms with Crippen LogP contribution in [-0.2, 0) is 10.8 Å². The fraction of sp³-hybridized carbons (Fsp3) is 0.125. The van der Waals surface area contributed by atoms with Gasteiger partial charge in [0.2, 0.25) is 0 Å². The van der Waals surface area contributed by atoms with E-state index >= 15 is 0 Å². The van der Waals surface area contributed by atoms with Gasteiger partial charge in [-0.1, -0.05) is 18.2 Å². The normalized spacial score (nSPS) is 12.5. The molecule has 0 aromatic carbocycles. The summed E-state index contributed by atoms with van der Waals surface area (Å²) in [4.78, 5) is 3.98. The largest absolute Gasteiger partial charge is 0.252 e. The van der Waals surface area contributed by atoms with Gasteiger partial charge in [-0.2, -0.15) is 0 Å². The van der Waals surface area contributed by atoms with Gasteiger partial charge in [0.15, 0.2) is 0 Å². The number of hydrogen-bond acceptors (Lipinski definition) is 2. The molecular formula is C8H7BrClNOS. The molecule has 0 saturated heterocycles. The summed E-state index contributed by atoms with van der Waals surface area (Å²) in [5.41, 5.74) is 0. The van der Waals surface area contributed by atoms with Gasteiger partial charge in [0, 0.05) is 15.7 Å². The molecule has 0 fully saturated rings. The predicted octanol–water partition coefficient (Wildman–Crippen LogP) is 2.70. The van der Waals surface area contributed by atoms with Gasteiger partial charge in [-0.25, -0.2) is 4.98 Å². The molecule has 1 atom stereocenters. The molecule has 1 aromatic heterocycles. The summed E-state index contributed by atoms with van der Waals surface area (Å²) < 4.78 is 12.3. The van der Waals surface area contributed by atoms with Crippen molar-refractivity contribution in [1.82, 2.24) is 4.98 Å². The molecule has 0 aliphatic rings. The van der Waals surface area contributed by atoms with Gasteiger partial charge in [0.25, 0.3) is 0 Å². The summed E-state index contributed by atoms with van der Waals surface area (Å²) in [5.74, 6) is 0.246. The lowest BCUT2D eigenvalue weighted by Crippen LogP contribution is -1.99. The molecule has 0 saturated carbocycles. The van der Waals surface area contributed by atoms with Crippen molar-refractivity contribution < 1.29 is 4.21 Å². The van der Waals surface area contributed by atoms with Crippen molar-refractivity contribution in [2.45, 2.75) is 5.03 Å². The van der Waals surface area contributed by atoms with Crippen molar-refractivity contribution in [3.8, 4) is 0 Å². The SMILES string of the molecule is C=C(Cl)CS(=O)c1ccc(Br)cn1. The zero-order valence-corrected chi connectivity index (χ0v) is 9.82. The molecule has 2 nitrogen and oxygen atoms in total. The average Bonchev–Trinajstić information content (AvgIpc) is 2.04. The van der Waals surface area contributed by atoms with Crippen LogP contribution in [0.4, 0.5) is 0 Å². The van der Waals surface area contributed by atoms with E-state index in [1.54, 1.807) is 18.3 Å². The van der Waals surface area contributed by atoms with Gasteiger partial charge in [-0.15, -0.1) is 0 Å². The highest BCUT2D eigenvalue weighted by Gasteiger charge is 2.05. The highest BCUT2D eigenvalue weighted by Crippen LogP contribution is 2.12. The highest BCUT2D eigenvalue weighted by atomic mass is 79.9. The second-order valence-electron chi connectivity index (χ2n) is 2.32. The zero-order chi connectivity index (χ0) is 9.84. The van der Waals surface area contributed by atoms with Crippen LogP contribution in [0, 0.1) is 0 Å². The van der Waals surface area contributed by atoms with Gasteiger partial charge in [0.05, 0.1) is 16.6 Å². The van der Waals surface area contributed by atoms with Crippen LogP contribution in [0.1, 0.15) is 0 Å². The van der Waals surface area contributed by atoms with E-state index in [1.165, 1.54) is 0 Å². The van der Waals surface area contributed by atoms with Gasteiger partial charge < -0.3 is 0 Å². The highest BCUT2D eigenvalue weighted by molar-refractivity contribution is 9.10. The molecule has 0 bridgehead atoms. The zero-order valence-electron chi connectivity index (χ0n) is 6.67. The number of nitrogens with zero attached hydrogens (tertiary/aromatic N) is 1. The molecule has 70 valence electrons. The first-order valence-corrected chi connectivity index (χ1v) is 5.92. The molecule has 5 heteroatoms. The summed E-state index contributed by atoms with van der Waals surface area (Å²) >= 11 is 8.77. The minimum absolute atomic E-state index is 0.246. The molecule has 0 amide bonds. The maximum Gasteiger partial charge on any atom is 0.127 e. The molecule has 1 rings (SSSR count).